The molecule has 63 heavy (non-hydrogen) atoms. The molecule has 2 aromatic carbocycles. The number of imide groups is 1. The number of urea groups is 1. The molecule has 0 spiro atoms. The first-order chi connectivity index (χ1) is 30.5. The van der Waals surface area contributed by atoms with Crippen molar-refractivity contribution in [3.63, 3.8) is 0 Å². The van der Waals surface area contributed by atoms with Crippen molar-refractivity contribution in [1.82, 2.24) is 39.5 Å². The summed E-state index contributed by atoms with van der Waals surface area (Å²) in [6, 6.07) is 9.87. The molecule has 5 amide bonds. The summed E-state index contributed by atoms with van der Waals surface area (Å²) < 4.78 is 49.8. The van der Waals surface area contributed by atoms with Crippen LogP contribution in [0.25, 0.3) is 11.1 Å². The van der Waals surface area contributed by atoms with Crippen molar-refractivity contribution in [1.29, 1.82) is 0 Å². The van der Waals surface area contributed by atoms with E-state index >= 15 is 13.2 Å². The van der Waals surface area contributed by atoms with Crippen LogP contribution >= 0.6 is 11.3 Å². The number of hydrogen-bond donors (Lipinski definition) is 2. The number of imidazole rings is 1. The number of nitrogens with zero attached hydrogens (tertiary/aromatic N) is 9. The van der Waals surface area contributed by atoms with Crippen LogP contribution in [0.3, 0.4) is 0 Å². The van der Waals surface area contributed by atoms with Gasteiger partial charge in [0.25, 0.3) is 17.7 Å². The maximum Gasteiger partial charge on any atom is 0.328 e. The van der Waals surface area contributed by atoms with E-state index in [1.165, 1.54) is 33.4 Å². The minimum absolute atomic E-state index is 0.0874. The number of nitrogens with one attached hydrogen (secondary N) is 2. The van der Waals surface area contributed by atoms with Crippen LogP contribution in [0.4, 0.5) is 34.5 Å². The Labute approximate surface area is 364 Å². The van der Waals surface area contributed by atoms with Crippen molar-refractivity contribution >= 4 is 51.6 Å². The molecule has 2 atom stereocenters. The van der Waals surface area contributed by atoms with Crippen LogP contribution in [-0.2, 0) is 35.6 Å². The lowest BCUT2D eigenvalue weighted by molar-refractivity contribution is -0.129. The first-order valence-electron chi connectivity index (χ1n) is 21.1. The molecular weight excluding hydrogens is 836 g/mol. The Balaban J connectivity index is 0.780. The van der Waals surface area contributed by atoms with Gasteiger partial charge in [-0.1, -0.05) is 12.1 Å². The molecule has 3 aromatic heterocycles. The molecule has 326 valence electrons. The minimum atomic E-state index is -2.97. The summed E-state index contributed by atoms with van der Waals surface area (Å²) in [6.07, 6.45) is 8.43. The predicted octanol–water partition coefficient (Wildman–Crippen LogP) is 5.30. The van der Waals surface area contributed by atoms with Crippen molar-refractivity contribution < 1.29 is 32.3 Å². The van der Waals surface area contributed by atoms with Crippen molar-refractivity contribution in [2.75, 3.05) is 60.9 Å². The number of carbonyl (C=O) groups excluding carboxylic acids is 4. The highest BCUT2D eigenvalue weighted by molar-refractivity contribution is 7.13. The first kappa shape index (κ1) is 40.9. The summed E-state index contributed by atoms with van der Waals surface area (Å²) in [5, 5.41) is 7.27. The van der Waals surface area contributed by atoms with Gasteiger partial charge in [-0.2, -0.15) is 0 Å². The molecule has 0 radical (unpaired) electrons. The summed E-state index contributed by atoms with van der Waals surface area (Å²) in [5.74, 6) is -4.78. The second kappa shape index (κ2) is 16.5. The van der Waals surface area contributed by atoms with Gasteiger partial charge >= 0.3 is 6.03 Å². The number of piperidine rings is 1. The zero-order valence-corrected chi connectivity index (χ0v) is 35.0. The Morgan fingerprint density at radius 2 is 1.78 bits per heavy atom. The number of carbonyl (C=O) groups is 4. The predicted molar refractivity (Wildman–Crippen MR) is 228 cm³/mol. The highest BCUT2D eigenvalue weighted by Crippen LogP contribution is 2.39. The van der Waals surface area contributed by atoms with Gasteiger partial charge in [0.2, 0.25) is 5.91 Å². The second-order valence-corrected chi connectivity index (χ2v) is 17.5. The quantitative estimate of drug-likeness (QED) is 0.189. The summed E-state index contributed by atoms with van der Waals surface area (Å²) in [6.45, 7) is 3.14. The van der Waals surface area contributed by atoms with Gasteiger partial charge in [0, 0.05) is 99.1 Å². The number of amides is 5. The average Bonchev–Trinajstić information content (AvgIpc) is 4.09. The van der Waals surface area contributed by atoms with E-state index in [9.17, 15) is 19.2 Å². The topological polar surface area (TPSA) is 152 Å². The van der Waals surface area contributed by atoms with Crippen molar-refractivity contribution in [2.45, 2.75) is 63.3 Å². The van der Waals surface area contributed by atoms with E-state index in [1.54, 1.807) is 41.1 Å². The lowest BCUT2D eigenvalue weighted by Gasteiger charge is -2.46. The van der Waals surface area contributed by atoms with E-state index in [4.69, 9.17) is 0 Å². The summed E-state index contributed by atoms with van der Waals surface area (Å²) >= 11 is 1.26. The number of alkyl halides is 2. The van der Waals surface area contributed by atoms with Gasteiger partial charge in [-0.25, -0.2) is 27.9 Å². The molecule has 3 saturated heterocycles. The van der Waals surface area contributed by atoms with Crippen LogP contribution in [0.5, 0.6) is 0 Å². The molecule has 8 heterocycles. The molecule has 10 rings (SSSR count). The number of aryl methyl sites for hydroxylation is 1. The molecule has 0 aliphatic carbocycles. The number of pyridine rings is 1. The molecule has 2 unspecified atom stereocenters. The molecule has 5 aliphatic heterocycles. The molecule has 3 fully saturated rings. The van der Waals surface area contributed by atoms with Gasteiger partial charge in [-0.15, -0.1) is 11.3 Å². The number of benzene rings is 2. The largest absolute Gasteiger partial charge is 0.369 e. The normalized spacial score (nSPS) is 20.8. The summed E-state index contributed by atoms with van der Waals surface area (Å²) in [7, 11) is 0. The first-order valence-corrected chi connectivity index (χ1v) is 22.0. The molecule has 15 nitrogen and oxygen atoms in total. The summed E-state index contributed by atoms with van der Waals surface area (Å²) in [4.78, 5) is 73.7. The Morgan fingerprint density at radius 3 is 2.54 bits per heavy atom. The number of likely N-dealkylation sites (tertiary alicyclic amines) is 1. The number of rotatable bonds is 10. The Morgan fingerprint density at radius 1 is 0.952 bits per heavy atom. The van der Waals surface area contributed by atoms with Gasteiger partial charge in [-0.05, 0) is 66.3 Å². The fourth-order valence-electron chi connectivity index (χ4n) is 9.73. The number of fused-ring (bicyclic) bond motifs is 2. The molecule has 0 bridgehead atoms. The van der Waals surface area contributed by atoms with Crippen LogP contribution in [-0.4, -0.2) is 116 Å². The second-order valence-electron chi connectivity index (χ2n) is 16.6. The summed E-state index contributed by atoms with van der Waals surface area (Å²) in [5.41, 5.74) is 5.12. The van der Waals surface area contributed by atoms with Crippen molar-refractivity contribution in [2.24, 2.45) is 0 Å². The van der Waals surface area contributed by atoms with Gasteiger partial charge in [0.05, 0.1) is 43.0 Å². The van der Waals surface area contributed by atoms with E-state index in [1.807, 2.05) is 33.7 Å². The smallest absolute Gasteiger partial charge is 0.328 e. The average molecular weight is 880 g/mol. The van der Waals surface area contributed by atoms with Gasteiger partial charge in [0.15, 0.2) is 11.2 Å². The van der Waals surface area contributed by atoms with Crippen molar-refractivity contribution in [3.8, 4) is 11.1 Å². The fraction of sp³-hybridized carbons (Fsp3) is 0.386. The molecular formula is C44H44F3N11O4S. The third-order valence-electron chi connectivity index (χ3n) is 12.9. The fourth-order valence-corrected chi connectivity index (χ4v) is 10.3. The molecule has 2 N–H and O–H groups in total. The van der Waals surface area contributed by atoms with Crippen LogP contribution in [0, 0.1) is 5.82 Å². The minimum Gasteiger partial charge on any atom is -0.369 e. The maximum absolute atomic E-state index is 16.0. The molecule has 19 heteroatoms. The number of aromatic nitrogens is 4. The third kappa shape index (κ3) is 7.82. The lowest BCUT2D eigenvalue weighted by Crippen LogP contribution is -2.61. The Kier molecular flexibility index (Phi) is 10.7. The lowest BCUT2D eigenvalue weighted by atomic mass is 9.97. The third-order valence-corrected chi connectivity index (χ3v) is 13.6. The van der Waals surface area contributed by atoms with Crippen LogP contribution in [0.1, 0.15) is 58.2 Å². The van der Waals surface area contributed by atoms with Crippen molar-refractivity contribution in [3.05, 3.63) is 107 Å². The SMILES string of the molecule is O=C1CCN(c2cnccc2CN2CCC(N3CCN(c4ccc(-c5cc(F)c6c(c5)C(=O)N(C(C(=O)Nc5nccs5)c5ncn7c5CCC7)C6)cc4)CC3)C(F)(F)C2)C(=O)N1. The number of hydrogen-bond acceptors (Lipinski definition) is 11. The van der Waals surface area contributed by atoms with E-state index < -0.39 is 48.2 Å². The van der Waals surface area contributed by atoms with E-state index in [-0.39, 0.29) is 49.5 Å². The molecule has 0 saturated carbocycles. The van der Waals surface area contributed by atoms with Gasteiger partial charge in [-0.3, -0.25) is 44.7 Å². The monoisotopic (exact) mass is 879 g/mol. The molecule has 5 aromatic rings. The van der Waals surface area contributed by atoms with Crippen LogP contribution in [0.2, 0.25) is 0 Å². The number of halogens is 3. The van der Waals surface area contributed by atoms with Gasteiger partial charge < -0.3 is 14.4 Å². The zero-order chi connectivity index (χ0) is 43.4. The number of piperazine rings is 1. The Bertz CT molecular complexity index is 2580. The molecule has 5 aliphatic rings. The standard InChI is InChI=1S/C44H44F3N11O4S/c45-33-21-29(20-31-32(33)24-58(41(31)61)39(40(60)52-42-49-11-19-63-42)38-34-2-1-12-56(34)26-50-38)27-3-5-30(6-4-27)54-15-17-55(18-16-54)36-8-13-53(25-44(36,46)47)23-28-7-10-48-22-35(28)57-14-9-37(59)51-43(57)62/h3-7,10-11,19-22,26,36,39H,1-2,8-9,12-18,23-25H2,(H,49,52,60)(H,51,59,62). The maximum atomic E-state index is 16.0. The number of anilines is 3. The van der Waals surface area contributed by atoms with E-state index in [2.05, 4.69) is 30.5 Å². The Hall–Kier alpha value is -6.18. The van der Waals surface area contributed by atoms with E-state index in [0.717, 1.165) is 30.8 Å². The number of thiazole rings is 1. The highest BCUT2D eigenvalue weighted by Gasteiger charge is 2.48. The zero-order valence-electron chi connectivity index (χ0n) is 34.2. The van der Waals surface area contributed by atoms with Crippen LogP contribution in [0.15, 0.2) is 72.8 Å². The van der Waals surface area contributed by atoms with E-state index in [0.29, 0.717) is 65.9 Å². The van der Waals surface area contributed by atoms with Gasteiger partial charge in [0.1, 0.15) is 5.82 Å². The van der Waals surface area contributed by atoms with Crippen LogP contribution < -0.4 is 20.4 Å². The highest BCUT2D eigenvalue weighted by atomic mass is 32.1.